The number of nitrogens with zero attached hydrogens (tertiary/aromatic N) is 2. The number of halogens is 2. The number of phenolic OH excluding ortho intramolecular Hbond substituents is 1. The Hall–Kier alpha value is -2.42. The number of phenols is 1. The van der Waals surface area contributed by atoms with Crippen molar-refractivity contribution in [1.82, 2.24) is 4.90 Å². The predicted molar refractivity (Wildman–Crippen MR) is 134 cm³/mol. The monoisotopic (exact) mass is 509 g/mol. The van der Waals surface area contributed by atoms with Gasteiger partial charge in [0, 0.05) is 24.7 Å². The fraction of sp³-hybridized carbons (Fsp3) is 0.348. The summed E-state index contributed by atoms with van der Waals surface area (Å²) in [5.41, 5.74) is 1.02. The van der Waals surface area contributed by atoms with Gasteiger partial charge in [-0.25, -0.2) is 4.99 Å². The number of hydrogen-bond acceptors (Lipinski definition) is 6. The van der Waals surface area contributed by atoms with Crippen LogP contribution in [0.15, 0.2) is 41.4 Å². The summed E-state index contributed by atoms with van der Waals surface area (Å²) in [7, 11) is 0. The van der Waals surface area contributed by atoms with Crippen LogP contribution in [-0.2, 0) is 9.59 Å². The number of thioether (sulfide) groups is 1. The average molecular weight is 510 g/mol. The molecule has 1 atom stereocenters. The minimum absolute atomic E-state index is 0.00109. The molecule has 1 fully saturated rings. The van der Waals surface area contributed by atoms with Crippen LogP contribution in [0, 0.1) is 0 Å². The Kier molecular flexibility index (Phi) is 8.88. The third-order valence-corrected chi connectivity index (χ3v) is 6.53. The number of unbranched alkanes of at least 4 members (excludes halogenated alkanes) is 1. The molecule has 2 N–H and O–H groups in total. The van der Waals surface area contributed by atoms with Crippen molar-refractivity contribution in [2.75, 3.05) is 18.5 Å². The number of carbonyl (C=O) groups is 2. The molecule has 33 heavy (non-hydrogen) atoms. The standard InChI is InChI=1S/C23H25Cl2N3O4S/c1-3-5-9-28-22(31)19(13-20(29)26-14-7-6-8-16(10-14)32-4-2)33-23(28)27-15-11-17(24)21(30)18(25)12-15/h6-8,10-12,19,30H,3-5,9,13H2,1-2H3,(H,26,29)/t19-/m1/s1. The number of nitrogens with one attached hydrogen (secondary N) is 1. The molecule has 1 aliphatic heterocycles. The highest BCUT2D eigenvalue weighted by Crippen LogP contribution is 2.38. The number of amidine groups is 1. The Balaban J connectivity index is 1.76. The first-order chi connectivity index (χ1) is 15.8. The quantitative estimate of drug-likeness (QED) is 0.441. The van der Waals surface area contributed by atoms with E-state index < -0.39 is 5.25 Å². The van der Waals surface area contributed by atoms with E-state index in [0.717, 1.165) is 12.8 Å². The van der Waals surface area contributed by atoms with Crippen molar-refractivity contribution in [2.45, 2.75) is 38.4 Å². The van der Waals surface area contributed by atoms with E-state index in [0.29, 0.717) is 35.4 Å². The number of benzene rings is 2. The maximum absolute atomic E-state index is 13.1. The first-order valence-corrected chi connectivity index (χ1v) is 12.2. The van der Waals surface area contributed by atoms with E-state index in [2.05, 4.69) is 10.3 Å². The highest BCUT2D eigenvalue weighted by molar-refractivity contribution is 8.15. The van der Waals surface area contributed by atoms with Gasteiger partial charge in [-0.1, -0.05) is 54.4 Å². The molecule has 0 aromatic heterocycles. The van der Waals surface area contributed by atoms with E-state index in [1.807, 2.05) is 19.9 Å². The van der Waals surface area contributed by atoms with Crippen molar-refractivity contribution in [3.05, 3.63) is 46.4 Å². The summed E-state index contributed by atoms with van der Waals surface area (Å²) >= 11 is 13.2. The highest BCUT2D eigenvalue weighted by atomic mass is 35.5. The molecule has 1 heterocycles. The van der Waals surface area contributed by atoms with Crippen LogP contribution in [-0.4, -0.2) is 45.4 Å². The Bertz CT molecular complexity index is 1040. The SMILES string of the molecule is CCCCN1C(=O)[C@@H](CC(=O)Nc2cccc(OCC)c2)SC1=Nc1cc(Cl)c(O)c(Cl)c1. The van der Waals surface area contributed by atoms with Crippen LogP contribution in [0.4, 0.5) is 11.4 Å². The molecular weight excluding hydrogens is 485 g/mol. The topological polar surface area (TPSA) is 91.2 Å². The van der Waals surface area contributed by atoms with E-state index in [1.165, 1.54) is 23.9 Å². The largest absolute Gasteiger partial charge is 0.505 e. The van der Waals surface area contributed by atoms with Crippen molar-refractivity contribution < 1.29 is 19.4 Å². The average Bonchev–Trinajstić information content (AvgIpc) is 3.04. The smallest absolute Gasteiger partial charge is 0.242 e. The molecule has 176 valence electrons. The molecule has 0 radical (unpaired) electrons. The zero-order chi connectivity index (χ0) is 24.0. The number of amides is 2. The third-order valence-electron chi connectivity index (χ3n) is 4.78. The maximum atomic E-state index is 13.1. The fourth-order valence-electron chi connectivity index (χ4n) is 3.18. The minimum Gasteiger partial charge on any atom is -0.505 e. The van der Waals surface area contributed by atoms with E-state index in [9.17, 15) is 14.7 Å². The van der Waals surface area contributed by atoms with Crippen LogP contribution in [0.25, 0.3) is 0 Å². The molecule has 0 saturated carbocycles. The van der Waals surface area contributed by atoms with Crippen molar-refractivity contribution in [3.63, 3.8) is 0 Å². The summed E-state index contributed by atoms with van der Waals surface area (Å²) in [6.07, 6.45) is 1.70. The Morgan fingerprint density at radius 2 is 1.97 bits per heavy atom. The molecule has 10 heteroatoms. The van der Waals surface area contributed by atoms with E-state index in [-0.39, 0.29) is 34.0 Å². The lowest BCUT2D eigenvalue weighted by atomic mass is 10.2. The van der Waals surface area contributed by atoms with Gasteiger partial charge in [-0.2, -0.15) is 0 Å². The second kappa shape index (κ2) is 11.6. The van der Waals surface area contributed by atoms with Crippen molar-refractivity contribution in [3.8, 4) is 11.5 Å². The molecule has 0 unspecified atom stereocenters. The van der Waals surface area contributed by atoms with E-state index in [1.54, 1.807) is 23.1 Å². The van der Waals surface area contributed by atoms with Gasteiger partial charge in [0.05, 0.1) is 22.3 Å². The molecule has 2 aromatic carbocycles. The normalized spacial score (nSPS) is 17.0. The van der Waals surface area contributed by atoms with Crippen LogP contribution in [0.3, 0.4) is 0 Å². The van der Waals surface area contributed by atoms with Gasteiger partial charge >= 0.3 is 0 Å². The third kappa shape index (κ3) is 6.56. The summed E-state index contributed by atoms with van der Waals surface area (Å²) < 4.78 is 5.46. The summed E-state index contributed by atoms with van der Waals surface area (Å²) in [6.45, 7) is 4.94. The summed E-state index contributed by atoms with van der Waals surface area (Å²) in [4.78, 5) is 31.8. The van der Waals surface area contributed by atoms with Crippen LogP contribution in [0.2, 0.25) is 10.0 Å². The van der Waals surface area contributed by atoms with E-state index in [4.69, 9.17) is 27.9 Å². The molecule has 0 aliphatic carbocycles. The minimum atomic E-state index is -0.598. The summed E-state index contributed by atoms with van der Waals surface area (Å²) in [5, 5.41) is 12.6. The molecule has 2 aromatic rings. The van der Waals surface area contributed by atoms with Crippen LogP contribution < -0.4 is 10.1 Å². The molecule has 1 aliphatic rings. The number of anilines is 1. The molecule has 3 rings (SSSR count). The first kappa shape index (κ1) is 25.2. The Morgan fingerprint density at radius 3 is 2.64 bits per heavy atom. The summed E-state index contributed by atoms with van der Waals surface area (Å²) in [5.74, 6) is -0.000438. The van der Waals surface area contributed by atoms with Crippen molar-refractivity contribution in [2.24, 2.45) is 4.99 Å². The predicted octanol–water partition coefficient (Wildman–Crippen LogP) is 5.86. The first-order valence-electron chi connectivity index (χ1n) is 10.6. The van der Waals surface area contributed by atoms with Crippen molar-refractivity contribution in [1.29, 1.82) is 0 Å². The number of hydrogen-bond donors (Lipinski definition) is 2. The lowest BCUT2D eigenvalue weighted by Gasteiger charge is -2.16. The van der Waals surface area contributed by atoms with Gasteiger partial charge in [0.15, 0.2) is 10.9 Å². The number of rotatable bonds is 9. The molecule has 0 bridgehead atoms. The lowest BCUT2D eigenvalue weighted by molar-refractivity contribution is -0.128. The second-order valence-electron chi connectivity index (χ2n) is 7.32. The number of carbonyl (C=O) groups excluding carboxylic acids is 2. The zero-order valence-electron chi connectivity index (χ0n) is 18.3. The number of ether oxygens (including phenoxy) is 1. The van der Waals surface area contributed by atoms with Gasteiger partial charge in [0.1, 0.15) is 11.0 Å². The van der Waals surface area contributed by atoms with Gasteiger partial charge in [0.2, 0.25) is 11.8 Å². The van der Waals surface area contributed by atoms with Gasteiger partial charge in [-0.3, -0.25) is 14.5 Å². The Labute approximate surface area is 207 Å². The molecule has 2 amide bonds. The molecule has 0 spiro atoms. The fourth-order valence-corrected chi connectivity index (χ4v) is 4.84. The van der Waals surface area contributed by atoms with E-state index >= 15 is 0 Å². The number of aliphatic imine (C=N–C) groups is 1. The van der Waals surface area contributed by atoms with Gasteiger partial charge in [0.25, 0.3) is 0 Å². The lowest BCUT2D eigenvalue weighted by Crippen LogP contribution is -2.34. The summed E-state index contributed by atoms with van der Waals surface area (Å²) in [6, 6.07) is 10.1. The van der Waals surface area contributed by atoms with Gasteiger partial charge in [-0.05, 0) is 37.6 Å². The van der Waals surface area contributed by atoms with Crippen LogP contribution in [0.1, 0.15) is 33.1 Å². The highest BCUT2D eigenvalue weighted by Gasteiger charge is 2.38. The molecule has 1 saturated heterocycles. The van der Waals surface area contributed by atoms with Crippen LogP contribution >= 0.6 is 35.0 Å². The molecule has 7 nitrogen and oxygen atoms in total. The van der Waals surface area contributed by atoms with Gasteiger partial charge in [-0.15, -0.1) is 0 Å². The maximum Gasteiger partial charge on any atom is 0.242 e. The second-order valence-corrected chi connectivity index (χ2v) is 9.30. The van der Waals surface area contributed by atoms with Crippen molar-refractivity contribution >= 4 is 63.3 Å². The van der Waals surface area contributed by atoms with Crippen LogP contribution in [0.5, 0.6) is 11.5 Å². The number of aromatic hydroxyl groups is 1. The Morgan fingerprint density at radius 1 is 1.24 bits per heavy atom. The zero-order valence-corrected chi connectivity index (χ0v) is 20.6. The molecular formula is C23H25Cl2N3O4S. The van der Waals surface area contributed by atoms with Gasteiger partial charge < -0.3 is 15.2 Å².